The summed E-state index contributed by atoms with van der Waals surface area (Å²) >= 11 is 0. The van der Waals surface area contributed by atoms with Gasteiger partial charge in [-0.25, -0.2) is 0 Å². The fourth-order valence-electron chi connectivity index (χ4n) is 10.7. The van der Waals surface area contributed by atoms with Gasteiger partial charge in [0.15, 0.2) is 25.2 Å². The molecule has 28 heteroatoms. The van der Waals surface area contributed by atoms with E-state index in [1.807, 2.05) is 0 Å². The lowest BCUT2D eigenvalue weighted by atomic mass is 9.91. The minimum absolute atomic E-state index is 0.0168. The quantitative estimate of drug-likeness (QED) is 0.0238. The van der Waals surface area contributed by atoms with Crippen LogP contribution in [0, 0.1) is 52.8 Å². The maximum absolute atomic E-state index is 10.5. The van der Waals surface area contributed by atoms with E-state index in [1.54, 1.807) is 97.1 Å². The van der Waals surface area contributed by atoms with Gasteiger partial charge in [-0.15, -0.1) is 0 Å². The number of rotatable bonds is 28. The molecule has 0 amide bonds. The smallest absolute Gasteiger partial charge is 0.187 e. The molecule has 16 N–H and O–H groups in total. The zero-order chi connectivity index (χ0) is 69.4. The predicted molar refractivity (Wildman–Crippen MR) is 333 cm³/mol. The standard InChI is InChI=1S/C69H84O28/c70-29-49-53(74)57(78)61(82)65(94-49)90-25-9-21-41-13-1-5-17-45(41)33-86-37-69(38-87-34-46-18-6-2-14-42(46)22-10-26-91-66-62(83)58(79)54(75)50(30-71)95-66,39-88-35-47-19-7-3-15-43(47)23-11-27-92-67-63(84)59(80)55(76)51(31-72)96-67)40-89-36-48-20-8-4-16-44(48)24-12-28-93-68-64(85)60(81)56(77)52(32-73)97-68/h1-8,13-20,49-68,70-85H,25-40H2/t49-,50-,51-,52-,53+,54+,55+,56+,57+,58+,59+,60+,61-,62-,63-,64-,65-,66-,67-,68-/m1/s1. The van der Waals surface area contributed by atoms with E-state index in [1.165, 1.54) is 0 Å². The van der Waals surface area contributed by atoms with Crippen LogP contribution < -0.4 is 0 Å². The second kappa shape index (κ2) is 38.5. The molecule has 528 valence electrons. The molecule has 0 radical (unpaired) electrons. The van der Waals surface area contributed by atoms with Crippen molar-refractivity contribution < 1.29 is 139 Å². The molecular formula is C69H84O28. The molecule has 4 heterocycles. The van der Waals surface area contributed by atoms with E-state index >= 15 is 0 Å². The van der Waals surface area contributed by atoms with E-state index in [9.17, 15) is 81.7 Å². The normalized spacial score (nSPS) is 30.4. The molecule has 28 nitrogen and oxygen atoms in total. The third-order valence-electron chi connectivity index (χ3n) is 16.3. The molecule has 0 spiro atoms. The third kappa shape index (κ3) is 21.0. The zero-order valence-electron chi connectivity index (χ0n) is 52.7. The van der Waals surface area contributed by atoms with Gasteiger partial charge in [-0.2, -0.15) is 0 Å². The lowest BCUT2D eigenvalue weighted by Gasteiger charge is -2.39. The summed E-state index contributed by atoms with van der Waals surface area (Å²) in [5, 5.41) is 163. The first-order valence-corrected chi connectivity index (χ1v) is 31.2. The summed E-state index contributed by atoms with van der Waals surface area (Å²) in [6.45, 7) is -4.11. The Bertz CT molecular complexity index is 2890. The fraction of sp³-hybridized carbons (Fsp3) is 0.536. The molecule has 0 unspecified atom stereocenters. The molecule has 0 aliphatic carbocycles. The van der Waals surface area contributed by atoms with Gasteiger partial charge in [-0.3, -0.25) is 0 Å². The first-order chi connectivity index (χ1) is 46.9. The van der Waals surface area contributed by atoms with E-state index in [0.29, 0.717) is 44.5 Å². The highest BCUT2D eigenvalue weighted by molar-refractivity contribution is 5.44. The van der Waals surface area contributed by atoms with Gasteiger partial charge in [0.1, 0.15) is 124 Å². The molecule has 0 aromatic heterocycles. The first kappa shape index (κ1) is 76.7. The lowest BCUT2D eigenvalue weighted by molar-refractivity contribution is -0.298. The van der Waals surface area contributed by atoms with Crippen LogP contribution in [0.15, 0.2) is 97.1 Å². The third-order valence-corrected chi connectivity index (χ3v) is 16.3. The van der Waals surface area contributed by atoms with Crippen LogP contribution in [0.25, 0.3) is 0 Å². The van der Waals surface area contributed by atoms with Crippen LogP contribution >= 0.6 is 0 Å². The zero-order valence-corrected chi connectivity index (χ0v) is 52.7. The summed E-state index contributed by atoms with van der Waals surface area (Å²) in [7, 11) is 0. The van der Waals surface area contributed by atoms with Crippen molar-refractivity contribution in [2.45, 2.75) is 149 Å². The summed E-state index contributed by atoms with van der Waals surface area (Å²) in [5.41, 5.74) is 3.58. The average Bonchev–Trinajstić information content (AvgIpc) is 0.872. The van der Waals surface area contributed by atoms with E-state index in [4.69, 9.17) is 56.8 Å². The number of hydrogen-bond acceptors (Lipinski definition) is 28. The summed E-state index contributed by atoms with van der Waals surface area (Å²) in [4.78, 5) is 0. The van der Waals surface area contributed by atoms with E-state index in [2.05, 4.69) is 47.4 Å². The van der Waals surface area contributed by atoms with Crippen molar-refractivity contribution in [1.29, 1.82) is 0 Å². The molecule has 0 saturated carbocycles. The molecule has 4 aliphatic rings. The van der Waals surface area contributed by atoms with Gasteiger partial charge in [-0.1, -0.05) is 120 Å². The minimum atomic E-state index is -1.65. The van der Waals surface area contributed by atoms with Gasteiger partial charge in [0.25, 0.3) is 0 Å². The maximum Gasteiger partial charge on any atom is 0.187 e. The number of ether oxygens (including phenoxy) is 12. The average molecular weight is 1360 g/mol. The Balaban J connectivity index is 1.04. The Morgan fingerprint density at radius 1 is 0.289 bits per heavy atom. The molecule has 20 atom stereocenters. The number of aliphatic hydroxyl groups is 16. The monoisotopic (exact) mass is 1360 g/mol. The summed E-state index contributed by atoms with van der Waals surface area (Å²) < 4.78 is 70.8. The maximum atomic E-state index is 10.5. The predicted octanol–water partition coefficient (Wildman–Crippen LogP) is -4.49. The van der Waals surface area contributed by atoms with Crippen molar-refractivity contribution in [2.24, 2.45) is 5.41 Å². The van der Waals surface area contributed by atoms with Crippen molar-refractivity contribution in [3.8, 4) is 47.4 Å². The molecule has 0 bridgehead atoms. The van der Waals surface area contributed by atoms with Gasteiger partial charge in [0, 0.05) is 22.3 Å². The van der Waals surface area contributed by atoms with Crippen LogP contribution in [-0.2, 0) is 83.3 Å². The Morgan fingerprint density at radius 2 is 0.495 bits per heavy atom. The summed E-state index contributed by atoms with van der Waals surface area (Å²) in [5.74, 6) is 23.7. The second-order valence-corrected chi connectivity index (χ2v) is 23.3. The van der Waals surface area contributed by atoms with Gasteiger partial charge in [-0.05, 0) is 46.5 Å². The van der Waals surface area contributed by atoms with Crippen LogP contribution in [0.1, 0.15) is 44.5 Å². The van der Waals surface area contributed by atoms with Crippen LogP contribution in [0.5, 0.6) is 0 Å². The molecule has 4 aliphatic heterocycles. The fourth-order valence-corrected chi connectivity index (χ4v) is 10.7. The highest BCUT2D eigenvalue weighted by Gasteiger charge is 2.47. The van der Waals surface area contributed by atoms with Crippen molar-refractivity contribution in [1.82, 2.24) is 0 Å². The van der Waals surface area contributed by atoms with Crippen LogP contribution in [0.3, 0.4) is 0 Å². The Labute approximate surface area is 559 Å². The van der Waals surface area contributed by atoms with Crippen LogP contribution in [-0.4, -0.2) is 284 Å². The highest BCUT2D eigenvalue weighted by atomic mass is 16.7. The summed E-state index contributed by atoms with van der Waals surface area (Å²) in [6.07, 6.45) is -29.7. The molecule has 8 rings (SSSR count). The number of hydrogen-bond donors (Lipinski definition) is 16. The van der Waals surface area contributed by atoms with Gasteiger partial charge in [0.2, 0.25) is 0 Å². The second-order valence-electron chi connectivity index (χ2n) is 23.3. The van der Waals surface area contributed by atoms with Crippen molar-refractivity contribution in [3.63, 3.8) is 0 Å². The first-order valence-electron chi connectivity index (χ1n) is 31.2. The van der Waals surface area contributed by atoms with E-state index in [0.717, 1.165) is 0 Å². The van der Waals surface area contributed by atoms with Gasteiger partial charge < -0.3 is 139 Å². The Hall–Kier alpha value is -6.00. The largest absolute Gasteiger partial charge is 0.394 e. The molecule has 4 saturated heterocycles. The van der Waals surface area contributed by atoms with Crippen molar-refractivity contribution in [2.75, 3.05) is 79.3 Å². The van der Waals surface area contributed by atoms with E-state index in [-0.39, 0.29) is 79.3 Å². The highest BCUT2D eigenvalue weighted by Crippen LogP contribution is 2.29. The van der Waals surface area contributed by atoms with Crippen molar-refractivity contribution >= 4 is 0 Å². The topological polar surface area (TPSA) is 434 Å². The Kier molecular flexibility index (Phi) is 30.5. The summed E-state index contributed by atoms with van der Waals surface area (Å²) in [6, 6.07) is 28.5. The van der Waals surface area contributed by atoms with Crippen molar-refractivity contribution in [3.05, 3.63) is 142 Å². The van der Waals surface area contributed by atoms with Crippen LogP contribution in [0.4, 0.5) is 0 Å². The molecule has 4 aromatic carbocycles. The lowest BCUT2D eigenvalue weighted by Crippen LogP contribution is -2.59. The molecular weight excluding hydrogens is 1280 g/mol. The molecule has 4 aromatic rings. The SMILES string of the molecule is OC[C@H]1O[C@@H](OCC#Cc2ccccc2COCC(COCc2ccccc2C#CCO[C@@H]2O[C@H](CO)[C@H](O)[C@H](O)[C@H]2O)(COCc2ccccc2C#CCO[C@@H]2O[C@H](CO)[C@H](O)[C@H](O)[C@H]2O)COCc2ccccc2C#CCO[C@@H]2O[C@H](CO)[C@H](O)[C@H](O)[C@H]2O)[C@H](O)[C@@H](O)[C@H]1O. The van der Waals surface area contributed by atoms with Gasteiger partial charge >= 0.3 is 0 Å². The van der Waals surface area contributed by atoms with Crippen LogP contribution in [0.2, 0.25) is 0 Å². The molecule has 4 fully saturated rings. The minimum Gasteiger partial charge on any atom is -0.394 e. The Morgan fingerprint density at radius 3 is 0.701 bits per heavy atom. The van der Waals surface area contributed by atoms with E-state index < -0.39 is 155 Å². The molecule has 97 heavy (non-hydrogen) atoms. The number of benzene rings is 4. The number of aliphatic hydroxyl groups excluding tert-OH is 16. The van der Waals surface area contributed by atoms with Gasteiger partial charge in [0.05, 0.1) is 84.7 Å².